The molecule has 6 heteroatoms. The number of carbonyl (C=O) groups excluding carboxylic acids is 1. The van der Waals surface area contributed by atoms with Gasteiger partial charge in [-0.1, -0.05) is 17.7 Å². The van der Waals surface area contributed by atoms with Crippen LogP contribution in [0, 0.1) is 11.3 Å². The normalized spacial score (nSPS) is 18.0. The Kier molecular flexibility index (Phi) is 6.00. The molecule has 2 N–H and O–H groups in total. The second kappa shape index (κ2) is 7.78. The lowest BCUT2D eigenvalue weighted by Crippen LogP contribution is -2.32. The number of esters is 1. The molecule has 0 saturated carbocycles. The largest absolute Gasteiger partial charge is 0.466 e. The maximum Gasteiger partial charge on any atom is 0.307 e. The third-order valence-electron chi connectivity index (χ3n) is 4.15. The van der Waals surface area contributed by atoms with Crippen molar-refractivity contribution in [3.63, 3.8) is 0 Å². The number of hydrogen-bond acceptors (Lipinski definition) is 5. The summed E-state index contributed by atoms with van der Waals surface area (Å²) in [6.45, 7) is 3.17. The van der Waals surface area contributed by atoms with Gasteiger partial charge in [0.25, 0.3) is 0 Å². The molecule has 1 atom stereocenters. The van der Waals surface area contributed by atoms with Crippen molar-refractivity contribution in [3.05, 3.63) is 34.3 Å². The van der Waals surface area contributed by atoms with Crippen LogP contribution >= 0.6 is 11.6 Å². The number of ether oxygens (including phenoxy) is 2. The molecule has 1 aliphatic heterocycles. The first-order valence-electron chi connectivity index (χ1n) is 7.72. The number of benzene rings is 1. The van der Waals surface area contributed by atoms with Crippen molar-refractivity contribution in [3.8, 4) is 6.07 Å². The average molecular weight is 337 g/mol. The van der Waals surface area contributed by atoms with E-state index >= 15 is 0 Å². The van der Waals surface area contributed by atoms with Crippen molar-refractivity contribution < 1.29 is 14.3 Å². The Morgan fingerprint density at radius 1 is 1.48 bits per heavy atom. The van der Waals surface area contributed by atoms with E-state index in [1.165, 1.54) is 0 Å². The first-order chi connectivity index (χ1) is 11.0. The Balaban J connectivity index is 2.28. The van der Waals surface area contributed by atoms with E-state index in [0.717, 1.165) is 11.1 Å². The molecule has 1 aliphatic rings. The van der Waals surface area contributed by atoms with Gasteiger partial charge in [-0.2, -0.15) is 5.26 Å². The fourth-order valence-corrected chi connectivity index (χ4v) is 3.05. The lowest BCUT2D eigenvalue weighted by Gasteiger charge is -2.31. The van der Waals surface area contributed by atoms with Crippen molar-refractivity contribution in [2.75, 3.05) is 19.8 Å². The molecular formula is C17H21ClN2O3. The quantitative estimate of drug-likeness (QED) is 0.835. The number of nitriles is 1. The number of nitrogens with two attached hydrogens (primary N) is 1. The molecule has 23 heavy (non-hydrogen) atoms. The van der Waals surface area contributed by atoms with Crippen LogP contribution in [0.1, 0.15) is 43.4 Å². The average Bonchev–Trinajstić information content (AvgIpc) is 2.55. The third-order valence-corrected chi connectivity index (χ3v) is 4.37. The molecule has 2 rings (SSSR count). The molecule has 1 aromatic rings. The molecule has 124 valence electrons. The van der Waals surface area contributed by atoms with Crippen LogP contribution < -0.4 is 5.73 Å². The molecule has 0 bridgehead atoms. The summed E-state index contributed by atoms with van der Waals surface area (Å²) in [6.07, 6.45) is 1.32. The fourth-order valence-electron chi connectivity index (χ4n) is 2.80. The van der Waals surface area contributed by atoms with Gasteiger partial charge in [0.05, 0.1) is 24.5 Å². The molecule has 1 aromatic carbocycles. The zero-order valence-corrected chi connectivity index (χ0v) is 13.9. The number of carbonyl (C=O) groups is 1. The third kappa shape index (κ3) is 4.23. The molecule has 0 amide bonds. The Morgan fingerprint density at radius 2 is 2.17 bits per heavy atom. The molecule has 0 unspecified atom stereocenters. The Bertz CT molecular complexity index is 606. The van der Waals surface area contributed by atoms with Crippen molar-refractivity contribution >= 4 is 17.6 Å². The summed E-state index contributed by atoms with van der Waals surface area (Å²) in [4.78, 5) is 11.6. The second-order valence-electron chi connectivity index (χ2n) is 5.70. The first-order valence-corrected chi connectivity index (χ1v) is 8.09. The summed E-state index contributed by atoms with van der Waals surface area (Å²) < 4.78 is 10.3. The summed E-state index contributed by atoms with van der Waals surface area (Å²) in [5.41, 5.74) is 7.08. The van der Waals surface area contributed by atoms with Gasteiger partial charge in [-0.3, -0.25) is 4.79 Å². The van der Waals surface area contributed by atoms with E-state index in [4.69, 9.17) is 26.8 Å². The summed E-state index contributed by atoms with van der Waals surface area (Å²) in [6, 6.07) is 7.32. The van der Waals surface area contributed by atoms with E-state index in [1.54, 1.807) is 19.1 Å². The van der Waals surface area contributed by atoms with Gasteiger partial charge in [0, 0.05) is 24.3 Å². The van der Waals surface area contributed by atoms with E-state index in [0.29, 0.717) is 37.7 Å². The molecule has 0 spiro atoms. The van der Waals surface area contributed by atoms with Gasteiger partial charge in [0.15, 0.2) is 0 Å². The summed E-state index contributed by atoms with van der Waals surface area (Å²) in [7, 11) is 0. The first kappa shape index (κ1) is 17.7. The predicted octanol–water partition coefficient (Wildman–Crippen LogP) is 2.86. The van der Waals surface area contributed by atoms with Crippen LogP contribution in [0.4, 0.5) is 0 Å². The van der Waals surface area contributed by atoms with E-state index in [2.05, 4.69) is 6.07 Å². The van der Waals surface area contributed by atoms with Crippen LogP contribution in [0.5, 0.6) is 0 Å². The van der Waals surface area contributed by atoms with Gasteiger partial charge in [-0.05, 0) is 43.0 Å². The maximum atomic E-state index is 11.6. The summed E-state index contributed by atoms with van der Waals surface area (Å²) in [5, 5.41) is 10.2. The number of hydrogen-bond donors (Lipinski definition) is 1. The molecule has 1 fully saturated rings. The van der Waals surface area contributed by atoms with Crippen LogP contribution in [0.3, 0.4) is 0 Å². The van der Waals surface area contributed by atoms with Crippen molar-refractivity contribution in [1.82, 2.24) is 0 Å². The van der Waals surface area contributed by atoms with Gasteiger partial charge in [-0.25, -0.2) is 0 Å². The summed E-state index contributed by atoms with van der Waals surface area (Å²) >= 11 is 6.22. The molecule has 5 nitrogen and oxygen atoms in total. The minimum absolute atomic E-state index is 0.0796. The molecule has 0 aliphatic carbocycles. The highest BCUT2D eigenvalue weighted by atomic mass is 35.5. The molecule has 0 radical (unpaired) electrons. The zero-order chi connectivity index (χ0) is 16.9. The molecule has 1 saturated heterocycles. The van der Waals surface area contributed by atoms with E-state index in [-0.39, 0.29) is 12.4 Å². The zero-order valence-electron chi connectivity index (χ0n) is 13.2. The highest BCUT2D eigenvalue weighted by Crippen LogP contribution is 2.37. The monoisotopic (exact) mass is 336 g/mol. The van der Waals surface area contributed by atoms with Crippen LogP contribution in [0.2, 0.25) is 5.02 Å². The van der Waals surface area contributed by atoms with Gasteiger partial charge < -0.3 is 15.2 Å². The molecule has 0 aromatic heterocycles. The summed E-state index contributed by atoms with van der Waals surface area (Å²) in [5.74, 6) is -0.345. The SMILES string of the molecule is CCOC(=O)C[C@H](N)c1cc(Cl)cc(C2(C#N)CCOCC2)c1. The minimum atomic E-state index is -0.610. The van der Waals surface area contributed by atoms with Crippen LogP contribution in [-0.4, -0.2) is 25.8 Å². The Morgan fingerprint density at radius 3 is 2.78 bits per heavy atom. The maximum absolute atomic E-state index is 11.6. The topological polar surface area (TPSA) is 85.3 Å². The van der Waals surface area contributed by atoms with Crippen LogP contribution in [0.15, 0.2) is 18.2 Å². The van der Waals surface area contributed by atoms with Crippen LogP contribution in [0.25, 0.3) is 0 Å². The number of rotatable bonds is 5. The second-order valence-corrected chi connectivity index (χ2v) is 6.13. The lowest BCUT2D eigenvalue weighted by atomic mass is 9.75. The molecule has 1 heterocycles. The van der Waals surface area contributed by atoms with E-state index in [9.17, 15) is 10.1 Å². The Labute approximate surface area is 141 Å². The van der Waals surface area contributed by atoms with Gasteiger partial charge in [0.2, 0.25) is 0 Å². The lowest BCUT2D eigenvalue weighted by molar-refractivity contribution is -0.143. The number of nitrogens with zero attached hydrogens (tertiary/aromatic N) is 1. The number of halogens is 1. The minimum Gasteiger partial charge on any atom is -0.466 e. The fraction of sp³-hybridized carbons (Fsp3) is 0.529. The van der Waals surface area contributed by atoms with Crippen molar-refractivity contribution in [1.29, 1.82) is 5.26 Å². The van der Waals surface area contributed by atoms with Gasteiger partial charge in [-0.15, -0.1) is 0 Å². The Hall–Kier alpha value is -1.61. The molecular weight excluding hydrogens is 316 g/mol. The van der Waals surface area contributed by atoms with Gasteiger partial charge >= 0.3 is 5.97 Å². The smallest absolute Gasteiger partial charge is 0.307 e. The standard InChI is InChI=1S/C17H21ClN2O3/c1-2-23-16(21)10-15(20)12-7-13(9-14(18)8-12)17(11-19)3-5-22-6-4-17/h7-9,15H,2-6,10,20H2,1H3/t15-/m0/s1. The van der Waals surface area contributed by atoms with Gasteiger partial charge in [0.1, 0.15) is 0 Å². The highest BCUT2D eigenvalue weighted by molar-refractivity contribution is 6.30. The van der Waals surface area contributed by atoms with Crippen LogP contribution in [-0.2, 0) is 19.7 Å². The van der Waals surface area contributed by atoms with Crippen molar-refractivity contribution in [2.45, 2.75) is 37.6 Å². The van der Waals surface area contributed by atoms with E-state index in [1.807, 2.05) is 6.07 Å². The van der Waals surface area contributed by atoms with Crippen molar-refractivity contribution in [2.24, 2.45) is 5.73 Å². The predicted molar refractivity (Wildman–Crippen MR) is 87.0 cm³/mol. The van der Waals surface area contributed by atoms with E-state index < -0.39 is 11.5 Å². The highest BCUT2D eigenvalue weighted by Gasteiger charge is 2.35.